The number of hydrogen-bond donors (Lipinski definition) is 1. The molecule has 0 radical (unpaired) electrons. The summed E-state index contributed by atoms with van der Waals surface area (Å²) in [5.74, 6) is 2.57. The van der Waals surface area contributed by atoms with Gasteiger partial charge in [0.05, 0.1) is 7.11 Å². The molecule has 0 aliphatic carbocycles. The van der Waals surface area contributed by atoms with E-state index in [1.807, 2.05) is 11.8 Å². The molecule has 1 fully saturated rings. The van der Waals surface area contributed by atoms with E-state index in [1.54, 1.807) is 0 Å². The van der Waals surface area contributed by atoms with Gasteiger partial charge in [0.15, 0.2) is 0 Å². The molecule has 1 N–H and O–H groups in total. The lowest BCUT2D eigenvalue weighted by Gasteiger charge is -2.25. The van der Waals surface area contributed by atoms with Gasteiger partial charge in [-0.3, -0.25) is 4.79 Å². The Morgan fingerprint density at radius 2 is 2.40 bits per heavy atom. The molecule has 0 aromatic rings. The molecule has 1 rings (SSSR count). The zero-order chi connectivity index (χ0) is 11.3. The quantitative estimate of drug-likeness (QED) is 0.731. The zero-order valence-electron chi connectivity index (χ0n) is 9.79. The van der Waals surface area contributed by atoms with Gasteiger partial charge in [0.25, 0.3) is 0 Å². The Balaban J connectivity index is 2.55. The topological polar surface area (TPSA) is 38.3 Å². The number of esters is 1. The van der Waals surface area contributed by atoms with Gasteiger partial charge in [-0.05, 0) is 37.2 Å². The van der Waals surface area contributed by atoms with Crippen molar-refractivity contribution in [1.82, 2.24) is 5.32 Å². The molecule has 0 spiro atoms. The molecule has 15 heavy (non-hydrogen) atoms. The molecule has 0 amide bonds. The summed E-state index contributed by atoms with van der Waals surface area (Å²) >= 11 is 1.93. The van der Waals surface area contributed by atoms with Crippen LogP contribution in [0.5, 0.6) is 0 Å². The first-order valence-electron chi connectivity index (χ1n) is 5.60. The minimum Gasteiger partial charge on any atom is -0.468 e. The van der Waals surface area contributed by atoms with Crippen LogP contribution in [0.25, 0.3) is 0 Å². The van der Waals surface area contributed by atoms with Crippen LogP contribution in [0, 0.1) is 5.92 Å². The molecule has 88 valence electrons. The summed E-state index contributed by atoms with van der Waals surface area (Å²) in [6.07, 6.45) is 2.15. The zero-order valence-corrected chi connectivity index (χ0v) is 10.6. The fraction of sp³-hybridized carbons (Fsp3) is 0.909. The van der Waals surface area contributed by atoms with Crippen molar-refractivity contribution < 1.29 is 9.53 Å². The first-order chi connectivity index (χ1) is 7.19. The Morgan fingerprint density at radius 1 is 1.67 bits per heavy atom. The lowest BCUT2D eigenvalue weighted by molar-refractivity contribution is -0.144. The van der Waals surface area contributed by atoms with Crippen LogP contribution in [0.3, 0.4) is 0 Å². The molecule has 1 heterocycles. The Hall–Kier alpha value is -0.220. The summed E-state index contributed by atoms with van der Waals surface area (Å²) in [4.78, 5) is 11.7. The lowest BCUT2D eigenvalue weighted by atomic mass is 9.98. The molecule has 1 aliphatic rings. The smallest absolute Gasteiger partial charge is 0.323 e. The van der Waals surface area contributed by atoms with Gasteiger partial charge in [-0.15, -0.1) is 0 Å². The highest BCUT2D eigenvalue weighted by atomic mass is 32.2. The van der Waals surface area contributed by atoms with Gasteiger partial charge in [0, 0.05) is 6.04 Å². The Kier molecular flexibility index (Phi) is 5.47. The van der Waals surface area contributed by atoms with Crippen molar-refractivity contribution in [3.63, 3.8) is 0 Å². The Labute approximate surface area is 96.3 Å². The van der Waals surface area contributed by atoms with Crippen molar-refractivity contribution in [1.29, 1.82) is 0 Å². The molecule has 1 aliphatic heterocycles. The van der Waals surface area contributed by atoms with E-state index in [4.69, 9.17) is 4.74 Å². The summed E-state index contributed by atoms with van der Waals surface area (Å²) in [6, 6.07) is 0.264. The van der Waals surface area contributed by atoms with Gasteiger partial charge in [0.1, 0.15) is 6.04 Å². The number of thioether (sulfide) groups is 1. The molecule has 3 atom stereocenters. The van der Waals surface area contributed by atoms with E-state index in [0.29, 0.717) is 12.0 Å². The second-order valence-electron chi connectivity index (χ2n) is 4.10. The van der Waals surface area contributed by atoms with Crippen LogP contribution in [0.2, 0.25) is 0 Å². The first-order valence-corrected chi connectivity index (χ1v) is 6.76. The third-order valence-corrected chi connectivity index (χ3v) is 4.16. The highest BCUT2D eigenvalue weighted by molar-refractivity contribution is 7.99. The predicted molar refractivity (Wildman–Crippen MR) is 64.1 cm³/mol. The third-order valence-electron chi connectivity index (χ3n) is 2.97. The van der Waals surface area contributed by atoms with Crippen molar-refractivity contribution in [3.05, 3.63) is 0 Å². The van der Waals surface area contributed by atoms with E-state index >= 15 is 0 Å². The molecule has 3 unspecified atom stereocenters. The Bertz CT molecular complexity index is 205. The van der Waals surface area contributed by atoms with Gasteiger partial charge in [-0.2, -0.15) is 11.8 Å². The SMILES string of the molecule is CCC(C)NC(C(=O)OC)C1CCSC1. The van der Waals surface area contributed by atoms with Crippen molar-refractivity contribution in [2.75, 3.05) is 18.6 Å². The van der Waals surface area contributed by atoms with Crippen LogP contribution in [-0.4, -0.2) is 36.7 Å². The number of ether oxygens (including phenoxy) is 1. The largest absolute Gasteiger partial charge is 0.468 e. The predicted octanol–water partition coefficient (Wildman–Crippen LogP) is 1.67. The summed E-state index contributed by atoms with van der Waals surface area (Å²) in [6.45, 7) is 4.23. The van der Waals surface area contributed by atoms with Gasteiger partial charge >= 0.3 is 5.97 Å². The molecule has 4 heteroatoms. The van der Waals surface area contributed by atoms with Crippen LogP contribution < -0.4 is 5.32 Å². The highest BCUT2D eigenvalue weighted by Crippen LogP contribution is 2.27. The fourth-order valence-corrected chi connectivity index (χ4v) is 3.06. The van der Waals surface area contributed by atoms with E-state index in [9.17, 15) is 4.79 Å². The third kappa shape index (κ3) is 3.68. The van der Waals surface area contributed by atoms with E-state index in [1.165, 1.54) is 12.9 Å². The second-order valence-corrected chi connectivity index (χ2v) is 5.25. The average molecular weight is 231 g/mol. The average Bonchev–Trinajstić information content (AvgIpc) is 2.77. The number of nitrogens with one attached hydrogen (secondary N) is 1. The Morgan fingerprint density at radius 3 is 2.87 bits per heavy atom. The second kappa shape index (κ2) is 6.38. The first kappa shape index (κ1) is 12.8. The standard InChI is InChI=1S/C11H21NO2S/c1-4-8(2)12-10(11(13)14-3)9-5-6-15-7-9/h8-10,12H,4-7H2,1-3H3. The van der Waals surface area contributed by atoms with Crippen LogP contribution >= 0.6 is 11.8 Å². The molecule has 3 nitrogen and oxygen atoms in total. The van der Waals surface area contributed by atoms with Crippen LogP contribution in [0.1, 0.15) is 26.7 Å². The highest BCUT2D eigenvalue weighted by Gasteiger charge is 2.32. The number of carbonyl (C=O) groups excluding carboxylic acids is 1. The minimum absolute atomic E-state index is 0.109. The van der Waals surface area contributed by atoms with Gasteiger partial charge in [-0.1, -0.05) is 6.92 Å². The van der Waals surface area contributed by atoms with Crippen LogP contribution in [-0.2, 0) is 9.53 Å². The van der Waals surface area contributed by atoms with Crippen molar-refractivity contribution >= 4 is 17.7 Å². The molecule has 0 aromatic carbocycles. The molecule has 1 saturated heterocycles. The van der Waals surface area contributed by atoms with Gasteiger partial charge in [0.2, 0.25) is 0 Å². The summed E-state index contributed by atoms with van der Waals surface area (Å²) in [7, 11) is 1.47. The summed E-state index contributed by atoms with van der Waals surface area (Å²) in [5.41, 5.74) is 0. The summed E-state index contributed by atoms with van der Waals surface area (Å²) in [5, 5.41) is 3.37. The molecule has 0 bridgehead atoms. The minimum atomic E-state index is -0.111. The number of methoxy groups -OCH3 is 1. The van der Waals surface area contributed by atoms with E-state index in [2.05, 4.69) is 19.2 Å². The maximum absolute atomic E-state index is 11.7. The van der Waals surface area contributed by atoms with Crippen molar-refractivity contribution in [2.45, 2.75) is 38.8 Å². The van der Waals surface area contributed by atoms with Crippen molar-refractivity contribution in [2.24, 2.45) is 5.92 Å². The number of hydrogen-bond acceptors (Lipinski definition) is 4. The van der Waals surface area contributed by atoms with E-state index in [0.717, 1.165) is 18.6 Å². The van der Waals surface area contributed by atoms with E-state index in [-0.39, 0.29) is 12.0 Å². The monoisotopic (exact) mass is 231 g/mol. The van der Waals surface area contributed by atoms with Gasteiger partial charge in [-0.25, -0.2) is 0 Å². The maximum Gasteiger partial charge on any atom is 0.323 e. The number of carbonyl (C=O) groups is 1. The van der Waals surface area contributed by atoms with E-state index < -0.39 is 0 Å². The normalized spacial score (nSPS) is 24.9. The lowest BCUT2D eigenvalue weighted by Crippen LogP contribution is -2.47. The van der Waals surface area contributed by atoms with Crippen molar-refractivity contribution in [3.8, 4) is 0 Å². The van der Waals surface area contributed by atoms with Crippen LogP contribution in [0.15, 0.2) is 0 Å². The van der Waals surface area contributed by atoms with Crippen LogP contribution in [0.4, 0.5) is 0 Å². The molecular formula is C11H21NO2S. The van der Waals surface area contributed by atoms with Gasteiger partial charge < -0.3 is 10.1 Å². The maximum atomic E-state index is 11.7. The fourth-order valence-electron chi connectivity index (χ4n) is 1.76. The number of rotatable bonds is 5. The molecular weight excluding hydrogens is 210 g/mol. The summed E-state index contributed by atoms with van der Waals surface area (Å²) < 4.78 is 4.86. The molecule has 0 aromatic heterocycles. The molecule has 0 saturated carbocycles.